The van der Waals surface area contributed by atoms with Crippen LogP contribution >= 0.6 is 0 Å². The highest BCUT2D eigenvalue weighted by molar-refractivity contribution is 5.73. The number of hydrogen-bond acceptors (Lipinski definition) is 3. The number of carbonyl (C=O) groups is 1. The summed E-state index contributed by atoms with van der Waals surface area (Å²) < 4.78 is 10.8. The van der Waals surface area contributed by atoms with Gasteiger partial charge in [0.2, 0.25) is 0 Å². The molecule has 3 heteroatoms. The molecule has 0 bridgehead atoms. The molecule has 0 aromatic rings. The number of unbranched alkanes of at least 4 members (excludes halogenated alkanes) is 3. The average molecular weight is 240 g/mol. The van der Waals surface area contributed by atoms with Crippen LogP contribution in [0.4, 0.5) is 0 Å². The van der Waals surface area contributed by atoms with E-state index in [1.165, 1.54) is 12.8 Å². The summed E-state index contributed by atoms with van der Waals surface area (Å²) in [5.41, 5.74) is 0. The molecule has 2 aliphatic rings. The first kappa shape index (κ1) is 12.9. The van der Waals surface area contributed by atoms with E-state index in [4.69, 9.17) is 9.47 Å². The Labute approximate surface area is 104 Å². The Morgan fingerprint density at radius 2 is 2.00 bits per heavy atom. The first-order valence-corrected chi connectivity index (χ1v) is 7.04. The van der Waals surface area contributed by atoms with Crippen molar-refractivity contribution in [1.82, 2.24) is 0 Å². The number of carbonyl (C=O) groups excluding carboxylic acids is 1. The second kappa shape index (κ2) is 5.85. The largest absolute Gasteiger partial charge is 0.465 e. The first-order valence-electron chi connectivity index (χ1n) is 7.04. The van der Waals surface area contributed by atoms with E-state index < -0.39 is 0 Å². The highest BCUT2D eigenvalue weighted by atomic mass is 16.6. The lowest BCUT2D eigenvalue weighted by molar-refractivity contribution is -0.151. The molecule has 1 saturated heterocycles. The van der Waals surface area contributed by atoms with Gasteiger partial charge in [0.05, 0.1) is 24.7 Å². The zero-order chi connectivity index (χ0) is 12.3. The molecule has 4 atom stereocenters. The molecule has 1 aliphatic heterocycles. The molecule has 1 heterocycles. The van der Waals surface area contributed by atoms with Crippen molar-refractivity contribution in [2.75, 3.05) is 6.61 Å². The van der Waals surface area contributed by atoms with Crippen molar-refractivity contribution in [3.8, 4) is 0 Å². The van der Waals surface area contributed by atoms with E-state index in [2.05, 4.69) is 13.8 Å². The fraction of sp³-hybridized carbons (Fsp3) is 0.929. The number of ether oxygens (including phenoxy) is 2. The average Bonchev–Trinajstić information content (AvgIpc) is 3.05. The summed E-state index contributed by atoms with van der Waals surface area (Å²) in [5.74, 6) is 0.495. The molecule has 17 heavy (non-hydrogen) atoms. The summed E-state index contributed by atoms with van der Waals surface area (Å²) in [7, 11) is 0. The third-order valence-corrected chi connectivity index (χ3v) is 4.01. The summed E-state index contributed by atoms with van der Waals surface area (Å²) in [6.45, 7) is 4.92. The fourth-order valence-corrected chi connectivity index (χ4v) is 2.74. The Balaban J connectivity index is 1.64. The Morgan fingerprint density at radius 3 is 2.76 bits per heavy atom. The van der Waals surface area contributed by atoms with E-state index >= 15 is 0 Å². The minimum Gasteiger partial charge on any atom is -0.465 e. The Morgan fingerprint density at radius 1 is 1.24 bits per heavy atom. The zero-order valence-electron chi connectivity index (χ0n) is 11.0. The molecule has 0 radical (unpaired) electrons. The van der Waals surface area contributed by atoms with Gasteiger partial charge < -0.3 is 9.47 Å². The molecule has 2 rings (SSSR count). The first-order chi connectivity index (χ1) is 8.22. The van der Waals surface area contributed by atoms with Crippen molar-refractivity contribution in [3.05, 3.63) is 0 Å². The van der Waals surface area contributed by atoms with E-state index in [-0.39, 0.29) is 11.9 Å². The maximum atomic E-state index is 11.9. The number of hydrogen-bond donors (Lipinski definition) is 0. The quantitative estimate of drug-likeness (QED) is 0.407. The van der Waals surface area contributed by atoms with Gasteiger partial charge in [-0.25, -0.2) is 0 Å². The Kier molecular flexibility index (Phi) is 4.43. The van der Waals surface area contributed by atoms with Crippen molar-refractivity contribution in [3.63, 3.8) is 0 Å². The van der Waals surface area contributed by atoms with Gasteiger partial charge in [0.25, 0.3) is 0 Å². The molecule has 0 spiro atoms. The van der Waals surface area contributed by atoms with Gasteiger partial charge in [-0.2, -0.15) is 0 Å². The van der Waals surface area contributed by atoms with Crippen molar-refractivity contribution in [2.45, 2.75) is 64.6 Å². The second-order valence-corrected chi connectivity index (χ2v) is 5.50. The molecule has 0 aromatic carbocycles. The topological polar surface area (TPSA) is 38.8 Å². The van der Waals surface area contributed by atoms with E-state index in [1.807, 2.05) is 0 Å². The summed E-state index contributed by atoms with van der Waals surface area (Å²) in [6, 6.07) is 0. The molecule has 1 saturated carbocycles. The fourth-order valence-electron chi connectivity index (χ4n) is 2.74. The smallest absolute Gasteiger partial charge is 0.309 e. The number of esters is 1. The van der Waals surface area contributed by atoms with Crippen LogP contribution in [0, 0.1) is 11.8 Å². The Bertz CT molecular complexity index is 264. The highest BCUT2D eigenvalue weighted by Crippen LogP contribution is 2.42. The third kappa shape index (κ3) is 3.44. The molecule has 0 aromatic heterocycles. The van der Waals surface area contributed by atoms with Gasteiger partial charge in [0, 0.05) is 0 Å². The van der Waals surface area contributed by atoms with Gasteiger partial charge in [-0.3, -0.25) is 4.79 Å². The van der Waals surface area contributed by atoms with Crippen LogP contribution in [0.15, 0.2) is 0 Å². The molecule has 98 valence electrons. The molecule has 2 fully saturated rings. The van der Waals surface area contributed by atoms with Crippen molar-refractivity contribution < 1.29 is 14.3 Å². The Hall–Kier alpha value is -0.570. The summed E-state index contributed by atoms with van der Waals surface area (Å²) in [4.78, 5) is 11.9. The van der Waals surface area contributed by atoms with Crippen LogP contribution in [0.3, 0.4) is 0 Å². The number of rotatable bonds is 6. The number of epoxide rings is 1. The van der Waals surface area contributed by atoms with Crippen LogP contribution in [-0.4, -0.2) is 24.8 Å². The van der Waals surface area contributed by atoms with Crippen LogP contribution in [0.25, 0.3) is 0 Å². The predicted molar refractivity (Wildman–Crippen MR) is 65.7 cm³/mol. The van der Waals surface area contributed by atoms with Gasteiger partial charge >= 0.3 is 5.97 Å². The van der Waals surface area contributed by atoms with Crippen molar-refractivity contribution in [1.29, 1.82) is 0 Å². The lowest BCUT2D eigenvalue weighted by atomic mass is 9.80. The van der Waals surface area contributed by atoms with Gasteiger partial charge in [-0.1, -0.05) is 33.1 Å². The summed E-state index contributed by atoms with van der Waals surface area (Å²) in [5, 5.41) is 0. The molecule has 0 amide bonds. The monoisotopic (exact) mass is 240 g/mol. The zero-order valence-corrected chi connectivity index (χ0v) is 11.0. The predicted octanol–water partition coefficient (Wildman–Crippen LogP) is 2.92. The van der Waals surface area contributed by atoms with E-state index in [1.54, 1.807) is 0 Å². The lowest BCUT2D eigenvalue weighted by Gasteiger charge is -2.24. The van der Waals surface area contributed by atoms with Gasteiger partial charge in [-0.15, -0.1) is 0 Å². The van der Waals surface area contributed by atoms with Crippen LogP contribution in [-0.2, 0) is 14.3 Å². The molecular formula is C14H24O3. The maximum absolute atomic E-state index is 11.9. The van der Waals surface area contributed by atoms with Crippen LogP contribution in [0.1, 0.15) is 52.4 Å². The van der Waals surface area contributed by atoms with Crippen LogP contribution in [0.2, 0.25) is 0 Å². The summed E-state index contributed by atoms with van der Waals surface area (Å²) >= 11 is 0. The molecule has 3 nitrogen and oxygen atoms in total. The molecule has 1 aliphatic carbocycles. The molecule has 4 unspecified atom stereocenters. The van der Waals surface area contributed by atoms with Crippen molar-refractivity contribution in [2.24, 2.45) is 11.8 Å². The number of fused-ring (bicyclic) bond motifs is 1. The third-order valence-electron chi connectivity index (χ3n) is 4.01. The summed E-state index contributed by atoms with van der Waals surface area (Å²) in [6.07, 6.45) is 7.31. The molecule has 0 N–H and O–H groups in total. The van der Waals surface area contributed by atoms with Crippen LogP contribution < -0.4 is 0 Å². The van der Waals surface area contributed by atoms with Gasteiger partial charge in [0.15, 0.2) is 0 Å². The normalized spacial score (nSPS) is 35.2. The minimum atomic E-state index is 0.00273. The molecular weight excluding hydrogens is 216 g/mol. The van der Waals surface area contributed by atoms with E-state index in [0.29, 0.717) is 24.7 Å². The SMILES string of the molecule is CCCCCCOC(=O)C1CC2OC2CC1C. The standard InChI is InChI=1S/C14H24O3/c1-3-4-5-6-7-16-14(15)11-9-13-12(17-13)8-10(11)2/h10-13H,3-9H2,1-2H3. The minimum absolute atomic E-state index is 0.00273. The van der Waals surface area contributed by atoms with Crippen molar-refractivity contribution >= 4 is 5.97 Å². The maximum Gasteiger partial charge on any atom is 0.309 e. The van der Waals surface area contributed by atoms with Gasteiger partial charge in [-0.05, 0) is 25.2 Å². The highest BCUT2D eigenvalue weighted by Gasteiger charge is 2.49. The van der Waals surface area contributed by atoms with Gasteiger partial charge in [0.1, 0.15) is 0 Å². The second-order valence-electron chi connectivity index (χ2n) is 5.50. The van der Waals surface area contributed by atoms with E-state index in [9.17, 15) is 4.79 Å². The van der Waals surface area contributed by atoms with Crippen LogP contribution in [0.5, 0.6) is 0 Å². The van der Waals surface area contributed by atoms with E-state index in [0.717, 1.165) is 25.7 Å². The lowest BCUT2D eigenvalue weighted by Crippen LogP contribution is -2.30.